The van der Waals surface area contributed by atoms with Gasteiger partial charge in [0, 0.05) is 31.4 Å². The number of hydrogen-bond donors (Lipinski definition) is 0. The van der Waals surface area contributed by atoms with Crippen LogP contribution in [0.4, 0.5) is 0 Å². The molecule has 2 aromatic heterocycles. The molecule has 5 heteroatoms. The minimum Gasteiger partial charge on any atom is -0.333 e. The van der Waals surface area contributed by atoms with Gasteiger partial charge in [0.05, 0.1) is 17.2 Å². The summed E-state index contributed by atoms with van der Waals surface area (Å²) in [7, 11) is 0. The lowest BCUT2D eigenvalue weighted by Crippen LogP contribution is -2.23. The molecule has 0 spiro atoms. The molecule has 0 atom stereocenters. The van der Waals surface area contributed by atoms with E-state index < -0.39 is 0 Å². The number of aromatic nitrogens is 4. The number of rotatable bonds is 4. The summed E-state index contributed by atoms with van der Waals surface area (Å²) in [5, 5.41) is 0.662. The van der Waals surface area contributed by atoms with Gasteiger partial charge in [0.25, 0.3) is 5.56 Å². The lowest BCUT2D eigenvalue weighted by Gasteiger charge is -2.11. The molecule has 3 rings (SSSR count). The molecule has 0 aliphatic heterocycles. The Kier molecular flexibility index (Phi) is 3.56. The average molecular weight is 282 g/mol. The molecule has 0 saturated carbocycles. The van der Waals surface area contributed by atoms with Crippen LogP contribution in [0.5, 0.6) is 0 Å². The van der Waals surface area contributed by atoms with Crippen LogP contribution in [0, 0.1) is 0 Å². The molecule has 0 radical (unpaired) electrons. The van der Waals surface area contributed by atoms with Crippen LogP contribution >= 0.6 is 0 Å². The summed E-state index contributed by atoms with van der Waals surface area (Å²) in [6, 6.07) is 7.42. The van der Waals surface area contributed by atoms with Crippen LogP contribution in [0.2, 0.25) is 0 Å². The zero-order valence-corrected chi connectivity index (χ0v) is 12.2. The molecule has 2 heterocycles. The molecule has 0 saturated heterocycles. The third-order valence-corrected chi connectivity index (χ3v) is 3.58. The van der Waals surface area contributed by atoms with Crippen LogP contribution in [0.1, 0.15) is 25.6 Å². The minimum absolute atomic E-state index is 0.00631. The van der Waals surface area contributed by atoms with E-state index in [1.54, 1.807) is 17.1 Å². The Morgan fingerprint density at radius 3 is 2.67 bits per heavy atom. The molecule has 0 amide bonds. The molecule has 0 fully saturated rings. The first kappa shape index (κ1) is 13.5. The van der Waals surface area contributed by atoms with Crippen molar-refractivity contribution in [3.63, 3.8) is 0 Å². The Labute approximate surface area is 122 Å². The Balaban J connectivity index is 1.87. The second-order valence-corrected chi connectivity index (χ2v) is 5.39. The highest BCUT2D eigenvalue weighted by Gasteiger charge is 2.08. The van der Waals surface area contributed by atoms with E-state index in [1.807, 2.05) is 30.5 Å². The first-order valence-corrected chi connectivity index (χ1v) is 7.12. The second kappa shape index (κ2) is 5.52. The van der Waals surface area contributed by atoms with Crippen molar-refractivity contribution >= 4 is 10.9 Å². The van der Waals surface area contributed by atoms with Gasteiger partial charge >= 0.3 is 0 Å². The predicted molar refractivity (Wildman–Crippen MR) is 82.3 cm³/mol. The molecular formula is C16H18N4O. The summed E-state index contributed by atoms with van der Waals surface area (Å²) in [5.41, 5.74) is 0.746. The summed E-state index contributed by atoms with van der Waals surface area (Å²) >= 11 is 0. The summed E-state index contributed by atoms with van der Waals surface area (Å²) in [5.74, 6) is 1.41. The van der Waals surface area contributed by atoms with Crippen molar-refractivity contribution in [2.75, 3.05) is 0 Å². The highest BCUT2D eigenvalue weighted by atomic mass is 16.1. The fourth-order valence-corrected chi connectivity index (χ4v) is 2.49. The molecule has 1 aromatic carbocycles. The fourth-order valence-electron chi connectivity index (χ4n) is 2.49. The van der Waals surface area contributed by atoms with Crippen molar-refractivity contribution < 1.29 is 0 Å². The number of fused-ring (bicyclic) bond motifs is 1. The van der Waals surface area contributed by atoms with E-state index in [0.29, 0.717) is 24.4 Å². The van der Waals surface area contributed by atoms with Gasteiger partial charge < -0.3 is 4.57 Å². The van der Waals surface area contributed by atoms with Gasteiger partial charge in [0.15, 0.2) is 0 Å². The van der Waals surface area contributed by atoms with Gasteiger partial charge in [0.1, 0.15) is 5.82 Å². The summed E-state index contributed by atoms with van der Waals surface area (Å²) in [6.45, 7) is 5.53. The predicted octanol–water partition coefficient (Wildman–Crippen LogP) is 2.42. The summed E-state index contributed by atoms with van der Waals surface area (Å²) < 4.78 is 3.75. The van der Waals surface area contributed by atoms with E-state index >= 15 is 0 Å². The van der Waals surface area contributed by atoms with Gasteiger partial charge in [0.2, 0.25) is 0 Å². The van der Waals surface area contributed by atoms with Crippen molar-refractivity contribution in [1.29, 1.82) is 0 Å². The number of imidazole rings is 1. The van der Waals surface area contributed by atoms with Crippen molar-refractivity contribution in [2.24, 2.45) is 0 Å². The van der Waals surface area contributed by atoms with E-state index in [4.69, 9.17) is 0 Å². The van der Waals surface area contributed by atoms with Gasteiger partial charge in [-0.25, -0.2) is 9.97 Å². The molecule has 0 bridgehead atoms. The third-order valence-electron chi connectivity index (χ3n) is 3.58. The quantitative estimate of drug-likeness (QED) is 0.738. The Morgan fingerprint density at radius 1 is 1.10 bits per heavy atom. The Hall–Kier alpha value is -2.43. The topological polar surface area (TPSA) is 52.7 Å². The van der Waals surface area contributed by atoms with Gasteiger partial charge in [-0.1, -0.05) is 26.0 Å². The van der Waals surface area contributed by atoms with Crippen molar-refractivity contribution in [1.82, 2.24) is 19.1 Å². The maximum absolute atomic E-state index is 12.4. The number of hydrogen-bond acceptors (Lipinski definition) is 3. The lowest BCUT2D eigenvalue weighted by molar-refractivity contribution is 0.534. The third kappa shape index (κ3) is 2.59. The molecule has 0 aliphatic carbocycles. The van der Waals surface area contributed by atoms with Gasteiger partial charge in [-0.15, -0.1) is 0 Å². The molecule has 0 N–H and O–H groups in total. The normalized spacial score (nSPS) is 11.4. The number of nitrogens with zero attached hydrogens (tertiary/aromatic N) is 4. The van der Waals surface area contributed by atoms with Gasteiger partial charge in [-0.05, 0) is 12.1 Å². The van der Waals surface area contributed by atoms with Crippen LogP contribution in [-0.4, -0.2) is 19.1 Å². The summed E-state index contributed by atoms with van der Waals surface area (Å²) in [6.07, 6.45) is 5.38. The van der Waals surface area contributed by atoms with E-state index in [9.17, 15) is 4.79 Å². The van der Waals surface area contributed by atoms with Crippen LogP contribution in [0.3, 0.4) is 0 Å². The largest absolute Gasteiger partial charge is 0.333 e. The second-order valence-electron chi connectivity index (χ2n) is 5.39. The number of benzene rings is 1. The lowest BCUT2D eigenvalue weighted by atomic mass is 10.2. The van der Waals surface area contributed by atoms with Crippen LogP contribution in [0.25, 0.3) is 10.9 Å². The maximum Gasteiger partial charge on any atom is 0.261 e. The highest BCUT2D eigenvalue weighted by molar-refractivity contribution is 5.76. The first-order chi connectivity index (χ1) is 10.2. The highest BCUT2D eigenvalue weighted by Crippen LogP contribution is 2.11. The molecular weight excluding hydrogens is 264 g/mol. The van der Waals surface area contributed by atoms with Gasteiger partial charge in [-0.3, -0.25) is 9.36 Å². The van der Waals surface area contributed by atoms with Crippen LogP contribution < -0.4 is 5.56 Å². The van der Waals surface area contributed by atoms with Crippen molar-refractivity contribution in [2.45, 2.75) is 32.9 Å². The van der Waals surface area contributed by atoms with Crippen molar-refractivity contribution in [3.8, 4) is 0 Å². The monoisotopic (exact) mass is 282 g/mol. The van der Waals surface area contributed by atoms with E-state index in [1.165, 1.54) is 0 Å². The zero-order valence-electron chi connectivity index (χ0n) is 12.2. The average Bonchev–Trinajstić information content (AvgIpc) is 2.95. The maximum atomic E-state index is 12.4. The van der Waals surface area contributed by atoms with Crippen molar-refractivity contribution in [3.05, 3.63) is 59.2 Å². The molecule has 108 valence electrons. The molecule has 3 aromatic rings. The van der Waals surface area contributed by atoms with Crippen LogP contribution in [-0.2, 0) is 13.1 Å². The SMILES string of the molecule is CC(C)c1nccn1CCn1cnc2ccccc2c1=O. The molecule has 0 unspecified atom stereocenters. The minimum atomic E-state index is 0.00631. The molecule has 5 nitrogen and oxygen atoms in total. The van der Waals surface area contributed by atoms with E-state index in [0.717, 1.165) is 11.3 Å². The Morgan fingerprint density at radius 2 is 1.86 bits per heavy atom. The smallest absolute Gasteiger partial charge is 0.261 e. The van der Waals surface area contributed by atoms with E-state index in [-0.39, 0.29) is 5.56 Å². The fraction of sp³-hybridized carbons (Fsp3) is 0.312. The zero-order chi connectivity index (χ0) is 14.8. The Bertz CT molecular complexity index is 816. The summed E-state index contributed by atoms with van der Waals surface area (Å²) in [4.78, 5) is 21.1. The number of para-hydroxylation sites is 1. The van der Waals surface area contributed by atoms with Crippen LogP contribution in [0.15, 0.2) is 47.8 Å². The molecule has 21 heavy (non-hydrogen) atoms. The number of aryl methyl sites for hydroxylation is 2. The first-order valence-electron chi connectivity index (χ1n) is 7.12. The van der Waals surface area contributed by atoms with E-state index in [2.05, 4.69) is 28.4 Å². The van der Waals surface area contributed by atoms with Gasteiger partial charge in [-0.2, -0.15) is 0 Å². The standard InChI is InChI=1S/C16H18N4O/c1-12(2)15-17-7-8-19(15)9-10-20-11-18-14-6-4-3-5-13(14)16(20)21/h3-8,11-12H,9-10H2,1-2H3. The molecule has 0 aliphatic rings.